The highest BCUT2D eigenvalue weighted by molar-refractivity contribution is 4.71. The predicted octanol–water partition coefficient (Wildman–Crippen LogP) is 3.40. The summed E-state index contributed by atoms with van der Waals surface area (Å²) in [4.78, 5) is 2.50. The molecule has 0 rings (SSSR count). The lowest BCUT2D eigenvalue weighted by molar-refractivity contribution is 0.204. The monoisotopic (exact) mass is 185 g/mol. The van der Waals surface area contributed by atoms with Crippen molar-refractivity contribution in [2.24, 2.45) is 11.3 Å². The van der Waals surface area contributed by atoms with Crippen LogP contribution >= 0.6 is 0 Å². The maximum absolute atomic E-state index is 2.50. The molecule has 0 aromatic carbocycles. The Bertz CT molecular complexity index is 120. The molecule has 0 bridgehead atoms. The van der Waals surface area contributed by atoms with Gasteiger partial charge in [-0.2, -0.15) is 0 Å². The largest absolute Gasteiger partial charge is 0.304 e. The lowest BCUT2D eigenvalue weighted by atomic mass is 9.80. The summed E-state index contributed by atoms with van der Waals surface area (Å²) < 4.78 is 0. The van der Waals surface area contributed by atoms with Crippen molar-refractivity contribution in [1.29, 1.82) is 0 Å². The van der Waals surface area contributed by atoms with E-state index in [9.17, 15) is 0 Å². The molecule has 0 saturated carbocycles. The summed E-state index contributed by atoms with van der Waals surface area (Å²) in [6, 6.07) is 0. The molecule has 0 saturated heterocycles. The van der Waals surface area contributed by atoms with E-state index in [-0.39, 0.29) is 0 Å². The number of hydrogen-bond donors (Lipinski definition) is 0. The first kappa shape index (κ1) is 13.0. The Hall–Kier alpha value is -0.0400. The SMILES string of the molecule is CCN(CC)CCC(C)C(C)(C)C. The van der Waals surface area contributed by atoms with Gasteiger partial charge in [0.2, 0.25) is 0 Å². The number of rotatable bonds is 5. The predicted molar refractivity (Wildman–Crippen MR) is 61.0 cm³/mol. The fraction of sp³-hybridized carbons (Fsp3) is 1.00. The fourth-order valence-corrected chi connectivity index (χ4v) is 1.35. The van der Waals surface area contributed by atoms with Gasteiger partial charge < -0.3 is 4.90 Å². The Kier molecular flexibility index (Phi) is 5.62. The molecule has 0 aliphatic carbocycles. The van der Waals surface area contributed by atoms with Crippen LogP contribution in [0.5, 0.6) is 0 Å². The van der Waals surface area contributed by atoms with Crippen molar-refractivity contribution in [3.63, 3.8) is 0 Å². The first-order chi connectivity index (χ1) is 5.91. The molecule has 0 aliphatic heterocycles. The summed E-state index contributed by atoms with van der Waals surface area (Å²) in [6.07, 6.45) is 1.32. The van der Waals surface area contributed by atoms with Gasteiger partial charge in [-0.1, -0.05) is 41.5 Å². The van der Waals surface area contributed by atoms with Gasteiger partial charge in [0.25, 0.3) is 0 Å². The quantitative estimate of drug-likeness (QED) is 0.634. The van der Waals surface area contributed by atoms with Gasteiger partial charge in [-0.25, -0.2) is 0 Å². The molecule has 0 aromatic rings. The minimum absolute atomic E-state index is 0.465. The van der Waals surface area contributed by atoms with Gasteiger partial charge in [0.05, 0.1) is 0 Å². The standard InChI is InChI=1S/C12H27N/c1-7-13(8-2)10-9-11(3)12(4,5)6/h11H,7-10H2,1-6H3. The van der Waals surface area contributed by atoms with E-state index < -0.39 is 0 Å². The van der Waals surface area contributed by atoms with E-state index in [4.69, 9.17) is 0 Å². The Morgan fingerprint density at radius 3 is 1.85 bits per heavy atom. The minimum atomic E-state index is 0.465. The average Bonchev–Trinajstić information content (AvgIpc) is 2.04. The molecule has 0 N–H and O–H groups in total. The molecular weight excluding hydrogens is 158 g/mol. The molecule has 0 spiro atoms. The third kappa shape index (κ3) is 5.30. The smallest absolute Gasteiger partial charge is 0.00162 e. The van der Waals surface area contributed by atoms with E-state index >= 15 is 0 Å². The lowest BCUT2D eigenvalue weighted by Gasteiger charge is -2.29. The third-order valence-electron chi connectivity index (χ3n) is 3.25. The van der Waals surface area contributed by atoms with E-state index in [0.717, 1.165) is 5.92 Å². The highest BCUT2D eigenvalue weighted by Crippen LogP contribution is 2.27. The van der Waals surface area contributed by atoms with Crippen LogP contribution in [0, 0.1) is 11.3 Å². The van der Waals surface area contributed by atoms with Crippen LogP contribution in [0.25, 0.3) is 0 Å². The second-order valence-electron chi connectivity index (χ2n) is 5.08. The second-order valence-corrected chi connectivity index (χ2v) is 5.08. The van der Waals surface area contributed by atoms with Crippen LogP contribution in [0.2, 0.25) is 0 Å². The maximum atomic E-state index is 2.50. The molecule has 0 heterocycles. The molecule has 1 atom stereocenters. The maximum Gasteiger partial charge on any atom is -0.00162 e. The van der Waals surface area contributed by atoms with E-state index in [0.29, 0.717) is 5.41 Å². The summed E-state index contributed by atoms with van der Waals surface area (Å²) in [7, 11) is 0. The van der Waals surface area contributed by atoms with Crippen molar-refractivity contribution in [1.82, 2.24) is 4.90 Å². The van der Waals surface area contributed by atoms with Crippen LogP contribution in [0.1, 0.15) is 48.0 Å². The Balaban J connectivity index is 3.75. The molecule has 0 aromatic heterocycles. The van der Waals surface area contributed by atoms with Crippen molar-refractivity contribution < 1.29 is 0 Å². The summed E-state index contributed by atoms with van der Waals surface area (Å²) in [5.74, 6) is 0.813. The van der Waals surface area contributed by atoms with E-state index in [2.05, 4.69) is 46.4 Å². The Labute approximate surface area is 84.5 Å². The highest BCUT2D eigenvalue weighted by atomic mass is 15.1. The first-order valence-corrected chi connectivity index (χ1v) is 5.64. The van der Waals surface area contributed by atoms with Crippen LogP contribution in [-0.2, 0) is 0 Å². The molecule has 0 aliphatic rings. The lowest BCUT2D eigenvalue weighted by Crippen LogP contribution is -2.28. The van der Waals surface area contributed by atoms with Crippen molar-refractivity contribution in [2.75, 3.05) is 19.6 Å². The molecule has 0 radical (unpaired) electrons. The summed E-state index contributed by atoms with van der Waals surface area (Å²) >= 11 is 0. The molecule has 1 unspecified atom stereocenters. The van der Waals surface area contributed by atoms with Gasteiger partial charge in [0, 0.05) is 0 Å². The van der Waals surface area contributed by atoms with Crippen LogP contribution in [0.3, 0.4) is 0 Å². The molecule has 1 heteroatoms. The summed E-state index contributed by atoms with van der Waals surface area (Å²) in [5, 5.41) is 0. The van der Waals surface area contributed by atoms with Crippen molar-refractivity contribution in [3.8, 4) is 0 Å². The normalized spacial score (nSPS) is 15.0. The van der Waals surface area contributed by atoms with E-state index in [1.54, 1.807) is 0 Å². The van der Waals surface area contributed by atoms with Crippen molar-refractivity contribution in [3.05, 3.63) is 0 Å². The zero-order valence-corrected chi connectivity index (χ0v) is 10.4. The van der Waals surface area contributed by atoms with Crippen LogP contribution in [0.4, 0.5) is 0 Å². The van der Waals surface area contributed by atoms with Gasteiger partial charge in [-0.3, -0.25) is 0 Å². The minimum Gasteiger partial charge on any atom is -0.304 e. The van der Waals surface area contributed by atoms with Gasteiger partial charge in [-0.05, 0) is 37.4 Å². The van der Waals surface area contributed by atoms with Gasteiger partial charge >= 0.3 is 0 Å². The molecular formula is C12H27N. The number of nitrogens with zero attached hydrogens (tertiary/aromatic N) is 1. The zero-order chi connectivity index (χ0) is 10.5. The average molecular weight is 185 g/mol. The zero-order valence-electron chi connectivity index (χ0n) is 10.4. The molecule has 0 fully saturated rings. The third-order valence-corrected chi connectivity index (χ3v) is 3.25. The molecule has 13 heavy (non-hydrogen) atoms. The molecule has 0 amide bonds. The van der Waals surface area contributed by atoms with Gasteiger partial charge in [-0.15, -0.1) is 0 Å². The first-order valence-electron chi connectivity index (χ1n) is 5.64. The summed E-state index contributed by atoms with van der Waals surface area (Å²) in [5.41, 5.74) is 0.465. The molecule has 80 valence electrons. The van der Waals surface area contributed by atoms with Crippen LogP contribution < -0.4 is 0 Å². The molecule has 1 nitrogen and oxygen atoms in total. The highest BCUT2D eigenvalue weighted by Gasteiger charge is 2.19. The van der Waals surface area contributed by atoms with Gasteiger partial charge in [0.15, 0.2) is 0 Å². The fourth-order valence-electron chi connectivity index (χ4n) is 1.35. The summed E-state index contributed by atoms with van der Waals surface area (Å²) in [6.45, 7) is 17.5. The van der Waals surface area contributed by atoms with E-state index in [1.165, 1.54) is 26.1 Å². The van der Waals surface area contributed by atoms with Crippen LogP contribution in [-0.4, -0.2) is 24.5 Å². The Morgan fingerprint density at radius 1 is 1.08 bits per heavy atom. The van der Waals surface area contributed by atoms with E-state index in [1.807, 2.05) is 0 Å². The topological polar surface area (TPSA) is 3.24 Å². The number of hydrogen-bond acceptors (Lipinski definition) is 1. The van der Waals surface area contributed by atoms with Crippen molar-refractivity contribution in [2.45, 2.75) is 48.0 Å². The second kappa shape index (κ2) is 5.64. The van der Waals surface area contributed by atoms with Gasteiger partial charge in [0.1, 0.15) is 0 Å². The van der Waals surface area contributed by atoms with Crippen LogP contribution in [0.15, 0.2) is 0 Å². The van der Waals surface area contributed by atoms with Crippen molar-refractivity contribution >= 4 is 0 Å². The Morgan fingerprint density at radius 2 is 1.54 bits per heavy atom.